The van der Waals surface area contributed by atoms with Crippen LogP contribution in [0.15, 0.2) is 36.4 Å². The molecule has 1 aromatic heterocycles. The number of piperazine rings is 1. The SMILES string of the molecule is Cc1ccc(C(=O)N2CC[NH+](CC(=O)Nc3cccc(F)c3)CC2)s1. The highest BCUT2D eigenvalue weighted by Crippen LogP contribution is 2.17. The number of carbonyl (C=O) groups excluding carboxylic acids is 2. The van der Waals surface area contributed by atoms with E-state index in [1.54, 1.807) is 12.1 Å². The number of hydrogen-bond acceptors (Lipinski definition) is 3. The molecule has 1 aliphatic rings. The Kier molecular flexibility index (Phi) is 5.45. The number of amides is 2. The lowest BCUT2D eigenvalue weighted by Gasteiger charge is -2.31. The molecule has 1 saturated heterocycles. The summed E-state index contributed by atoms with van der Waals surface area (Å²) in [5.41, 5.74) is 0.464. The Labute approximate surface area is 150 Å². The molecule has 0 spiro atoms. The normalized spacial score (nSPS) is 15.2. The summed E-state index contributed by atoms with van der Waals surface area (Å²) in [6.07, 6.45) is 0. The van der Waals surface area contributed by atoms with E-state index in [4.69, 9.17) is 0 Å². The summed E-state index contributed by atoms with van der Waals surface area (Å²) < 4.78 is 13.1. The van der Waals surface area contributed by atoms with Gasteiger partial charge in [-0.05, 0) is 37.3 Å². The average Bonchev–Trinajstić information content (AvgIpc) is 3.01. The second-order valence-electron chi connectivity index (χ2n) is 6.19. The molecule has 0 bridgehead atoms. The molecule has 2 N–H and O–H groups in total. The summed E-state index contributed by atoms with van der Waals surface area (Å²) in [7, 11) is 0. The molecule has 2 amide bonds. The van der Waals surface area contributed by atoms with E-state index in [0.717, 1.165) is 27.7 Å². The third-order valence-electron chi connectivity index (χ3n) is 4.23. The van der Waals surface area contributed by atoms with Crippen LogP contribution in [0.5, 0.6) is 0 Å². The summed E-state index contributed by atoms with van der Waals surface area (Å²) in [4.78, 5) is 29.4. The van der Waals surface area contributed by atoms with Crippen LogP contribution in [0.3, 0.4) is 0 Å². The van der Waals surface area contributed by atoms with E-state index in [2.05, 4.69) is 5.32 Å². The van der Waals surface area contributed by atoms with Crippen LogP contribution in [0.2, 0.25) is 0 Å². The molecule has 7 heteroatoms. The van der Waals surface area contributed by atoms with E-state index in [0.29, 0.717) is 25.3 Å². The van der Waals surface area contributed by atoms with Crippen molar-refractivity contribution < 1.29 is 18.9 Å². The van der Waals surface area contributed by atoms with Crippen molar-refractivity contribution in [3.63, 3.8) is 0 Å². The molecule has 0 atom stereocenters. The molecule has 0 saturated carbocycles. The minimum Gasteiger partial charge on any atom is -0.327 e. The van der Waals surface area contributed by atoms with Crippen molar-refractivity contribution in [1.29, 1.82) is 0 Å². The minimum atomic E-state index is -0.374. The number of nitrogens with zero attached hydrogens (tertiary/aromatic N) is 1. The van der Waals surface area contributed by atoms with E-state index in [1.165, 1.54) is 23.5 Å². The van der Waals surface area contributed by atoms with Gasteiger partial charge in [0.2, 0.25) is 0 Å². The van der Waals surface area contributed by atoms with Gasteiger partial charge in [0.05, 0.1) is 31.1 Å². The predicted octanol–water partition coefficient (Wildman–Crippen LogP) is 1.18. The molecular formula is C18H21FN3O2S+. The van der Waals surface area contributed by atoms with Crippen molar-refractivity contribution in [2.75, 3.05) is 38.0 Å². The number of rotatable bonds is 4. The molecule has 2 aromatic rings. The van der Waals surface area contributed by atoms with Gasteiger partial charge >= 0.3 is 0 Å². The third kappa shape index (κ3) is 4.64. The van der Waals surface area contributed by atoms with E-state index < -0.39 is 0 Å². The molecule has 1 aromatic carbocycles. The number of carbonyl (C=O) groups is 2. The first-order chi connectivity index (χ1) is 12.0. The van der Waals surface area contributed by atoms with Gasteiger partial charge < -0.3 is 15.1 Å². The Morgan fingerprint density at radius 1 is 1.24 bits per heavy atom. The standard InChI is InChI=1S/C18H20FN3O2S/c1-13-5-6-16(25-13)18(24)22-9-7-21(8-10-22)12-17(23)20-15-4-2-3-14(19)11-15/h2-6,11H,7-10,12H2,1H3,(H,20,23)/p+1. The predicted molar refractivity (Wildman–Crippen MR) is 95.6 cm³/mol. The smallest absolute Gasteiger partial charge is 0.279 e. The van der Waals surface area contributed by atoms with E-state index in [1.807, 2.05) is 24.0 Å². The number of halogens is 1. The fraction of sp³-hybridized carbons (Fsp3) is 0.333. The van der Waals surface area contributed by atoms with Gasteiger partial charge in [0.15, 0.2) is 6.54 Å². The monoisotopic (exact) mass is 362 g/mol. The van der Waals surface area contributed by atoms with E-state index >= 15 is 0 Å². The lowest BCUT2D eigenvalue weighted by atomic mass is 10.2. The first kappa shape index (κ1) is 17.6. The van der Waals surface area contributed by atoms with Crippen molar-refractivity contribution in [3.05, 3.63) is 52.0 Å². The summed E-state index contributed by atoms with van der Waals surface area (Å²) in [5.74, 6) is -0.447. The van der Waals surface area contributed by atoms with Gasteiger partial charge in [-0.2, -0.15) is 0 Å². The van der Waals surface area contributed by atoms with Gasteiger partial charge in [-0.15, -0.1) is 11.3 Å². The number of hydrogen-bond donors (Lipinski definition) is 2. The van der Waals surface area contributed by atoms with Gasteiger partial charge in [0.1, 0.15) is 5.82 Å². The van der Waals surface area contributed by atoms with Gasteiger partial charge in [0.25, 0.3) is 11.8 Å². The first-order valence-electron chi connectivity index (χ1n) is 8.26. The van der Waals surface area contributed by atoms with Crippen molar-refractivity contribution in [2.45, 2.75) is 6.92 Å². The zero-order valence-corrected chi connectivity index (χ0v) is 14.9. The molecule has 2 heterocycles. The minimum absolute atomic E-state index is 0.0707. The Morgan fingerprint density at radius 2 is 2.00 bits per heavy atom. The molecule has 1 aliphatic heterocycles. The second-order valence-corrected chi connectivity index (χ2v) is 7.48. The summed E-state index contributed by atoms with van der Waals surface area (Å²) in [5, 5.41) is 2.71. The van der Waals surface area contributed by atoms with Crippen LogP contribution >= 0.6 is 11.3 Å². The van der Waals surface area contributed by atoms with Crippen LogP contribution in [0.4, 0.5) is 10.1 Å². The maximum absolute atomic E-state index is 13.1. The van der Waals surface area contributed by atoms with Crippen LogP contribution in [0, 0.1) is 12.7 Å². The summed E-state index contributed by atoms with van der Waals surface area (Å²) in [6, 6.07) is 9.69. The van der Waals surface area contributed by atoms with Crippen LogP contribution in [0.25, 0.3) is 0 Å². The van der Waals surface area contributed by atoms with Crippen LogP contribution in [0.1, 0.15) is 14.5 Å². The summed E-state index contributed by atoms with van der Waals surface area (Å²) >= 11 is 1.51. The number of benzene rings is 1. The Morgan fingerprint density at radius 3 is 2.64 bits per heavy atom. The lowest BCUT2D eigenvalue weighted by molar-refractivity contribution is -0.895. The average molecular weight is 362 g/mol. The van der Waals surface area contributed by atoms with Crippen LogP contribution in [-0.4, -0.2) is 49.4 Å². The summed E-state index contributed by atoms with van der Waals surface area (Å²) in [6.45, 7) is 5.04. The fourth-order valence-electron chi connectivity index (χ4n) is 2.91. The number of anilines is 1. The quantitative estimate of drug-likeness (QED) is 0.858. The van der Waals surface area contributed by atoms with E-state index in [9.17, 15) is 14.0 Å². The number of nitrogens with one attached hydrogen (secondary N) is 2. The van der Waals surface area contributed by atoms with Gasteiger partial charge in [-0.1, -0.05) is 6.07 Å². The van der Waals surface area contributed by atoms with Crippen LogP contribution in [-0.2, 0) is 4.79 Å². The molecule has 1 fully saturated rings. The van der Waals surface area contributed by atoms with Gasteiger partial charge in [0, 0.05) is 10.6 Å². The maximum Gasteiger partial charge on any atom is 0.279 e. The Bertz CT molecular complexity index is 769. The van der Waals surface area contributed by atoms with Crippen LogP contribution < -0.4 is 10.2 Å². The number of quaternary nitrogens is 1. The van der Waals surface area contributed by atoms with Crippen molar-refractivity contribution >= 4 is 28.8 Å². The molecule has 132 valence electrons. The molecule has 0 unspecified atom stereocenters. The highest BCUT2D eigenvalue weighted by Gasteiger charge is 2.26. The fourth-order valence-corrected chi connectivity index (χ4v) is 3.74. The molecular weight excluding hydrogens is 341 g/mol. The second kappa shape index (κ2) is 7.76. The van der Waals surface area contributed by atoms with Gasteiger partial charge in [-0.3, -0.25) is 9.59 Å². The molecule has 0 aliphatic carbocycles. The van der Waals surface area contributed by atoms with Gasteiger partial charge in [-0.25, -0.2) is 4.39 Å². The topological polar surface area (TPSA) is 53.9 Å². The van der Waals surface area contributed by atoms with Crippen molar-refractivity contribution in [1.82, 2.24) is 4.90 Å². The Balaban J connectivity index is 1.47. The van der Waals surface area contributed by atoms with Crippen molar-refractivity contribution in [2.24, 2.45) is 0 Å². The Hall–Kier alpha value is -2.25. The van der Waals surface area contributed by atoms with Crippen molar-refractivity contribution in [3.8, 4) is 0 Å². The number of aryl methyl sites for hydroxylation is 1. The van der Waals surface area contributed by atoms with E-state index in [-0.39, 0.29) is 17.6 Å². The molecule has 5 nitrogen and oxygen atoms in total. The first-order valence-corrected chi connectivity index (χ1v) is 9.07. The lowest BCUT2D eigenvalue weighted by Crippen LogP contribution is -3.15. The highest BCUT2D eigenvalue weighted by atomic mass is 32.1. The zero-order chi connectivity index (χ0) is 17.8. The highest BCUT2D eigenvalue weighted by molar-refractivity contribution is 7.13. The zero-order valence-electron chi connectivity index (χ0n) is 14.0. The molecule has 25 heavy (non-hydrogen) atoms. The third-order valence-corrected chi connectivity index (χ3v) is 5.22. The largest absolute Gasteiger partial charge is 0.327 e. The molecule has 3 rings (SSSR count). The number of thiophene rings is 1. The molecule has 0 radical (unpaired) electrons. The maximum atomic E-state index is 13.1.